The lowest BCUT2D eigenvalue weighted by Gasteiger charge is -2.26. The molecule has 0 spiro atoms. The molecule has 0 saturated carbocycles. The second kappa shape index (κ2) is 10.1. The molecule has 1 fully saturated rings. The average molecular weight is 358 g/mol. The summed E-state index contributed by atoms with van der Waals surface area (Å²) in [7, 11) is 0. The first-order valence-corrected chi connectivity index (χ1v) is 9.59. The SMILES string of the molecule is CCNC(=NCCCn1cnc2ccccc21)NCCN1CCOCC1. The number of ether oxygens (including phenoxy) is 1. The molecule has 0 atom stereocenters. The quantitative estimate of drug-likeness (QED) is 0.423. The fourth-order valence-electron chi connectivity index (χ4n) is 3.12. The number of rotatable bonds is 8. The average Bonchev–Trinajstić information content (AvgIpc) is 3.09. The van der Waals surface area contributed by atoms with E-state index in [0.717, 1.165) is 76.9 Å². The highest BCUT2D eigenvalue weighted by Crippen LogP contribution is 2.11. The summed E-state index contributed by atoms with van der Waals surface area (Å²) < 4.78 is 7.58. The van der Waals surface area contributed by atoms with Gasteiger partial charge in [0.05, 0.1) is 30.6 Å². The van der Waals surface area contributed by atoms with Crippen molar-refractivity contribution in [1.29, 1.82) is 0 Å². The maximum absolute atomic E-state index is 5.38. The van der Waals surface area contributed by atoms with Crippen molar-refractivity contribution in [3.63, 3.8) is 0 Å². The van der Waals surface area contributed by atoms with Gasteiger partial charge in [-0.1, -0.05) is 12.1 Å². The van der Waals surface area contributed by atoms with Crippen LogP contribution >= 0.6 is 0 Å². The summed E-state index contributed by atoms with van der Waals surface area (Å²) in [4.78, 5) is 11.5. The Labute approximate surface area is 155 Å². The van der Waals surface area contributed by atoms with Gasteiger partial charge in [0.15, 0.2) is 5.96 Å². The summed E-state index contributed by atoms with van der Waals surface area (Å²) in [5.41, 5.74) is 2.24. The van der Waals surface area contributed by atoms with E-state index >= 15 is 0 Å². The van der Waals surface area contributed by atoms with Crippen LogP contribution < -0.4 is 10.6 Å². The molecular formula is C19H30N6O. The second-order valence-electron chi connectivity index (χ2n) is 6.42. The van der Waals surface area contributed by atoms with Crippen LogP contribution in [0.15, 0.2) is 35.6 Å². The standard InChI is InChI=1S/C19H30N6O/c1-2-20-19(22-9-11-24-12-14-26-15-13-24)21-8-5-10-25-16-23-17-6-3-4-7-18(17)25/h3-4,6-7,16H,2,5,8-15H2,1H3,(H2,20,21,22). The lowest BCUT2D eigenvalue weighted by molar-refractivity contribution is 0.0389. The number of nitrogens with one attached hydrogen (secondary N) is 2. The predicted molar refractivity (Wildman–Crippen MR) is 106 cm³/mol. The van der Waals surface area contributed by atoms with E-state index in [9.17, 15) is 0 Å². The number of benzene rings is 1. The molecule has 1 aliphatic rings. The molecule has 3 rings (SSSR count). The van der Waals surface area contributed by atoms with E-state index < -0.39 is 0 Å². The fraction of sp³-hybridized carbons (Fsp3) is 0.579. The van der Waals surface area contributed by atoms with E-state index in [1.54, 1.807) is 0 Å². The molecule has 7 heteroatoms. The van der Waals surface area contributed by atoms with Crippen LogP contribution in [0.1, 0.15) is 13.3 Å². The van der Waals surface area contributed by atoms with Gasteiger partial charge in [0.1, 0.15) is 0 Å². The van der Waals surface area contributed by atoms with Gasteiger partial charge in [0, 0.05) is 45.8 Å². The monoisotopic (exact) mass is 358 g/mol. The van der Waals surface area contributed by atoms with Crippen LogP contribution in [0.3, 0.4) is 0 Å². The Hall–Kier alpha value is -2.12. The number of aromatic nitrogens is 2. The maximum atomic E-state index is 5.38. The number of hydrogen-bond donors (Lipinski definition) is 2. The highest BCUT2D eigenvalue weighted by Gasteiger charge is 2.09. The highest BCUT2D eigenvalue weighted by molar-refractivity contribution is 5.79. The zero-order valence-corrected chi connectivity index (χ0v) is 15.7. The van der Waals surface area contributed by atoms with Gasteiger partial charge < -0.3 is 19.9 Å². The van der Waals surface area contributed by atoms with Gasteiger partial charge in [0.25, 0.3) is 0 Å². The normalized spacial score (nSPS) is 16.1. The molecule has 1 aliphatic heterocycles. The molecule has 1 aromatic heterocycles. The van der Waals surface area contributed by atoms with E-state index in [1.807, 2.05) is 18.5 Å². The molecule has 2 N–H and O–H groups in total. The Bertz CT molecular complexity index is 692. The van der Waals surface area contributed by atoms with Crippen LogP contribution in [0, 0.1) is 0 Å². The van der Waals surface area contributed by atoms with Crippen molar-refractivity contribution in [2.24, 2.45) is 4.99 Å². The number of nitrogens with zero attached hydrogens (tertiary/aromatic N) is 4. The summed E-state index contributed by atoms with van der Waals surface area (Å²) in [6, 6.07) is 8.24. The maximum Gasteiger partial charge on any atom is 0.191 e. The highest BCUT2D eigenvalue weighted by atomic mass is 16.5. The van der Waals surface area contributed by atoms with Gasteiger partial charge in [-0.15, -0.1) is 0 Å². The second-order valence-corrected chi connectivity index (χ2v) is 6.42. The van der Waals surface area contributed by atoms with Gasteiger partial charge in [-0.25, -0.2) is 4.98 Å². The molecule has 7 nitrogen and oxygen atoms in total. The molecule has 0 bridgehead atoms. The van der Waals surface area contributed by atoms with Gasteiger partial charge in [-0.05, 0) is 25.5 Å². The Balaban J connectivity index is 1.41. The predicted octanol–water partition coefficient (Wildman–Crippen LogP) is 1.31. The van der Waals surface area contributed by atoms with E-state index in [1.165, 1.54) is 5.52 Å². The van der Waals surface area contributed by atoms with Gasteiger partial charge in [0.2, 0.25) is 0 Å². The minimum absolute atomic E-state index is 0.791. The Kier molecular flexibility index (Phi) is 7.27. The molecule has 2 heterocycles. The third-order valence-electron chi connectivity index (χ3n) is 4.52. The molecule has 0 amide bonds. The van der Waals surface area contributed by atoms with Crippen LogP contribution in [-0.4, -0.2) is 72.9 Å². The lowest BCUT2D eigenvalue weighted by atomic mass is 10.3. The van der Waals surface area contributed by atoms with Crippen LogP contribution in [0.4, 0.5) is 0 Å². The number of morpholine rings is 1. The topological polar surface area (TPSA) is 66.7 Å². The number of aryl methyl sites for hydroxylation is 1. The van der Waals surface area contributed by atoms with Gasteiger partial charge in [-0.3, -0.25) is 9.89 Å². The smallest absolute Gasteiger partial charge is 0.191 e. The summed E-state index contributed by atoms with van der Waals surface area (Å²) in [6.45, 7) is 10.3. The molecule has 26 heavy (non-hydrogen) atoms. The third kappa shape index (κ3) is 5.44. The zero-order valence-electron chi connectivity index (χ0n) is 15.7. The van der Waals surface area contributed by atoms with Crippen molar-refractivity contribution >= 4 is 17.0 Å². The first-order chi connectivity index (χ1) is 12.9. The zero-order chi connectivity index (χ0) is 18.0. The van der Waals surface area contributed by atoms with Crippen LogP contribution in [0.2, 0.25) is 0 Å². The van der Waals surface area contributed by atoms with Crippen LogP contribution in [-0.2, 0) is 11.3 Å². The van der Waals surface area contributed by atoms with Crippen molar-refractivity contribution in [2.45, 2.75) is 19.9 Å². The van der Waals surface area contributed by atoms with E-state index in [0.29, 0.717) is 0 Å². The lowest BCUT2D eigenvalue weighted by Crippen LogP contribution is -2.44. The molecular weight excluding hydrogens is 328 g/mol. The van der Waals surface area contributed by atoms with E-state index in [2.05, 4.69) is 44.1 Å². The van der Waals surface area contributed by atoms with Crippen molar-refractivity contribution in [1.82, 2.24) is 25.1 Å². The third-order valence-corrected chi connectivity index (χ3v) is 4.52. The number of imidazole rings is 1. The summed E-state index contributed by atoms with van der Waals surface area (Å²) in [5, 5.41) is 6.75. The number of aliphatic imine (C=N–C) groups is 1. The molecule has 2 aromatic rings. The number of para-hydroxylation sites is 2. The van der Waals surface area contributed by atoms with Crippen LogP contribution in [0.5, 0.6) is 0 Å². The van der Waals surface area contributed by atoms with Gasteiger partial charge >= 0.3 is 0 Å². The van der Waals surface area contributed by atoms with Crippen LogP contribution in [0.25, 0.3) is 11.0 Å². The fourth-order valence-corrected chi connectivity index (χ4v) is 3.12. The molecule has 1 saturated heterocycles. The Morgan fingerprint density at radius 1 is 1.19 bits per heavy atom. The molecule has 0 unspecified atom stereocenters. The number of hydrogen-bond acceptors (Lipinski definition) is 4. The largest absolute Gasteiger partial charge is 0.379 e. The van der Waals surface area contributed by atoms with E-state index in [-0.39, 0.29) is 0 Å². The van der Waals surface area contributed by atoms with Crippen molar-refractivity contribution in [2.75, 3.05) is 52.5 Å². The Morgan fingerprint density at radius 2 is 2.04 bits per heavy atom. The Morgan fingerprint density at radius 3 is 2.88 bits per heavy atom. The molecule has 0 aliphatic carbocycles. The molecule has 0 radical (unpaired) electrons. The number of fused-ring (bicyclic) bond motifs is 1. The van der Waals surface area contributed by atoms with E-state index in [4.69, 9.17) is 9.73 Å². The minimum Gasteiger partial charge on any atom is -0.379 e. The molecule has 142 valence electrons. The summed E-state index contributed by atoms with van der Waals surface area (Å²) in [5.74, 6) is 0.899. The van der Waals surface area contributed by atoms with Gasteiger partial charge in [-0.2, -0.15) is 0 Å². The first-order valence-electron chi connectivity index (χ1n) is 9.59. The first kappa shape index (κ1) is 18.7. The molecule has 1 aromatic carbocycles. The number of guanidine groups is 1. The summed E-state index contributed by atoms with van der Waals surface area (Å²) >= 11 is 0. The van der Waals surface area contributed by atoms with Crippen molar-refractivity contribution in [3.05, 3.63) is 30.6 Å². The minimum atomic E-state index is 0.791. The van der Waals surface area contributed by atoms with Crippen molar-refractivity contribution in [3.8, 4) is 0 Å². The summed E-state index contributed by atoms with van der Waals surface area (Å²) in [6.07, 6.45) is 2.90. The van der Waals surface area contributed by atoms with Crippen molar-refractivity contribution < 1.29 is 4.74 Å².